The van der Waals surface area contributed by atoms with Crippen LogP contribution in [0, 0.1) is 12.8 Å². The van der Waals surface area contributed by atoms with Crippen molar-refractivity contribution in [1.29, 1.82) is 0 Å². The highest BCUT2D eigenvalue weighted by atomic mass is 16.5. The molecule has 0 spiro atoms. The van der Waals surface area contributed by atoms with Crippen LogP contribution in [-0.2, 0) is 9.53 Å². The van der Waals surface area contributed by atoms with Crippen LogP contribution < -0.4 is 5.32 Å². The number of likely N-dealkylation sites (N-methyl/N-ethyl adjacent to an activating group) is 1. The van der Waals surface area contributed by atoms with Gasteiger partial charge < -0.3 is 10.1 Å². The van der Waals surface area contributed by atoms with E-state index in [0.717, 1.165) is 12.2 Å². The number of aryl methyl sites for hydroxylation is 1. The van der Waals surface area contributed by atoms with E-state index in [1.807, 2.05) is 43.1 Å². The van der Waals surface area contributed by atoms with E-state index in [0.29, 0.717) is 25.2 Å². The maximum Gasteiger partial charge on any atom is 0.238 e. The van der Waals surface area contributed by atoms with Gasteiger partial charge in [-0.2, -0.15) is 0 Å². The Hall–Kier alpha value is -1.39. The van der Waals surface area contributed by atoms with Gasteiger partial charge in [0.05, 0.1) is 19.3 Å². The van der Waals surface area contributed by atoms with Crippen LogP contribution in [0.1, 0.15) is 38.2 Å². The number of hydrogen-bond donors (Lipinski definition) is 1. The highest BCUT2D eigenvalue weighted by molar-refractivity contribution is 5.92. The summed E-state index contributed by atoms with van der Waals surface area (Å²) in [7, 11) is 1.96. The number of anilines is 1. The smallest absolute Gasteiger partial charge is 0.238 e. The van der Waals surface area contributed by atoms with Gasteiger partial charge in [-0.1, -0.05) is 37.5 Å². The van der Waals surface area contributed by atoms with Crippen molar-refractivity contribution >= 4 is 11.6 Å². The Morgan fingerprint density at radius 3 is 2.65 bits per heavy atom. The van der Waals surface area contributed by atoms with Gasteiger partial charge in [-0.25, -0.2) is 0 Å². The van der Waals surface area contributed by atoms with Crippen LogP contribution >= 0.6 is 0 Å². The number of rotatable bonds is 7. The molecule has 0 radical (unpaired) electrons. The molecule has 1 saturated carbocycles. The Kier molecular flexibility index (Phi) is 7.06. The van der Waals surface area contributed by atoms with Gasteiger partial charge in [0, 0.05) is 12.2 Å². The van der Waals surface area contributed by atoms with E-state index < -0.39 is 0 Å². The van der Waals surface area contributed by atoms with E-state index in [-0.39, 0.29) is 5.91 Å². The molecule has 1 aliphatic rings. The van der Waals surface area contributed by atoms with E-state index in [1.165, 1.54) is 31.2 Å². The molecule has 2 unspecified atom stereocenters. The van der Waals surface area contributed by atoms with Crippen molar-refractivity contribution in [2.45, 2.75) is 45.6 Å². The molecule has 1 N–H and O–H groups in total. The lowest BCUT2D eigenvalue weighted by atomic mass is 9.88. The molecule has 4 nitrogen and oxygen atoms in total. The van der Waals surface area contributed by atoms with Crippen LogP contribution in [0.5, 0.6) is 0 Å². The fourth-order valence-electron chi connectivity index (χ4n) is 3.05. The first-order valence-corrected chi connectivity index (χ1v) is 8.71. The molecule has 1 fully saturated rings. The Bertz CT molecular complexity index is 487. The number of carbonyl (C=O) groups excluding carboxylic acids is 1. The van der Waals surface area contributed by atoms with E-state index in [1.54, 1.807) is 0 Å². The number of carbonyl (C=O) groups is 1. The second-order valence-electron chi connectivity index (χ2n) is 6.82. The van der Waals surface area contributed by atoms with Gasteiger partial charge in [-0.15, -0.1) is 0 Å². The minimum absolute atomic E-state index is 0.0161. The molecule has 2 rings (SSSR count). The molecule has 0 aliphatic heterocycles. The monoisotopic (exact) mass is 318 g/mol. The number of hydrogen-bond acceptors (Lipinski definition) is 3. The molecule has 0 bridgehead atoms. The molecule has 23 heavy (non-hydrogen) atoms. The molecule has 0 heterocycles. The summed E-state index contributed by atoms with van der Waals surface area (Å²) >= 11 is 0. The summed E-state index contributed by atoms with van der Waals surface area (Å²) in [6, 6.07) is 7.86. The summed E-state index contributed by atoms with van der Waals surface area (Å²) in [4.78, 5) is 14.0. The van der Waals surface area contributed by atoms with Crippen LogP contribution in [0.3, 0.4) is 0 Å². The van der Waals surface area contributed by atoms with Crippen molar-refractivity contribution in [3.05, 3.63) is 29.8 Å². The number of benzene rings is 1. The minimum atomic E-state index is 0.0161. The maximum absolute atomic E-state index is 12.0. The van der Waals surface area contributed by atoms with Gasteiger partial charge in [-0.3, -0.25) is 9.69 Å². The average molecular weight is 318 g/mol. The van der Waals surface area contributed by atoms with E-state index >= 15 is 0 Å². The zero-order valence-corrected chi connectivity index (χ0v) is 14.7. The predicted octanol–water partition coefficient (Wildman–Crippen LogP) is 3.46. The Balaban J connectivity index is 1.64. The number of ether oxygens (including phenoxy) is 1. The van der Waals surface area contributed by atoms with Crippen molar-refractivity contribution in [3.63, 3.8) is 0 Å². The van der Waals surface area contributed by atoms with Crippen molar-refractivity contribution in [1.82, 2.24) is 4.90 Å². The number of nitrogens with one attached hydrogen (secondary N) is 1. The van der Waals surface area contributed by atoms with Crippen LogP contribution in [0.15, 0.2) is 24.3 Å². The highest BCUT2D eigenvalue weighted by Crippen LogP contribution is 2.26. The number of amides is 1. The van der Waals surface area contributed by atoms with Crippen molar-refractivity contribution in [2.75, 3.05) is 32.1 Å². The summed E-state index contributed by atoms with van der Waals surface area (Å²) in [6.07, 6.45) is 5.47. The largest absolute Gasteiger partial charge is 0.377 e. The van der Waals surface area contributed by atoms with Gasteiger partial charge in [-0.05, 0) is 44.9 Å². The van der Waals surface area contributed by atoms with Crippen LogP contribution in [0.2, 0.25) is 0 Å². The second-order valence-corrected chi connectivity index (χ2v) is 6.82. The average Bonchev–Trinajstić information content (AvgIpc) is 2.51. The predicted molar refractivity (Wildman–Crippen MR) is 94.7 cm³/mol. The van der Waals surface area contributed by atoms with Crippen molar-refractivity contribution in [2.24, 2.45) is 5.92 Å². The van der Waals surface area contributed by atoms with E-state index in [9.17, 15) is 4.79 Å². The van der Waals surface area contributed by atoms with Crippen molar-refractivity contribution in [3.8, 4) is 0 Å². The van der Waals surface area contributed by atoms with Gasteiger partial charge in [0.1, 0.15) is 0 Å². The Morgan fingerprint density at radius 2 is 1.96 bits per heavy atom. The lowest BCUT2D eigenvalue weighted by Gasteiger charge is -2.29. The molecule has 1 aliphatic carbocycles. The van der Waals surface area contributed by atoms with Gasteiger partial charge in [0.15, 0.2) is 0 Å². The molecule has 1 aromatic rings. The first-order chi connectivity index (χ1) is 11.0. The third-order valence-electron chi connectivity index (χ3n) is 4.59. The summed E-state index contributed by atoms with van der Waals surface area (Å²) in [5.74, 6) is 0.682. The summed E-state index contributed by atoms with van der Waals surface area (Å²) < 4.78 is 6.01. The molecular weight excluding hydrogens is 288 g/mol. The molecule has 4 heteroatoms. The molecule has 0 aromatic heterocycles. The van der Waals surface area contributed by atoms with E-state index in [2.05, 4.69) is 12.2 Å². The summed E-state index contributed by atoms with van der Waals surface area (Å²) in [5.41, 5.74) is 2.04. The summed E-state index contributed by atoms with van der Waals surface area (Å²) in [6.45, 7) is 6.18. The third-order valence-corrected chi connectivity index (χ3v) is 4.59. The third kappa shape index (κ3) is 6.32. The van der Waals surface area contributed by atoms with Crippen molar-refractivity contribution < 1.29 is 9.53 Å². The Labute approximate surface area is 140 Å². The molecule has 0 saturated heterocycles. The fourth-order valence-corrected chi connectivity index (χ4v) is 3.05. The molecule has 2 atom stereocenters. The molecular formula is C19H30N2O2. The lowest BCUT2D eigenvalue weighted by Crippen LogP contribution is -2.34. The topological polar surface area (TPSA) is 41.6 Å². The molecule has 128 valence electrons. The minimum Gasteiger partial charge on any atom is -0.377 e. The zero-order chi connectivity index (χ0) is 16.7. The Morgan fingerprint density at radius 1 is 1.26 bits per heavy atom. The van der Waals surface area contributed by atoms with Crippen LogP contribution in [-0.4, -0.2) is 43.7 Å². The van der Waals surface area contributed by atoms with Gasteiger partial charge in [0.2, 0.25) is 5.91 Å². The number of nitrogens with zero attached hydrogens (tertiary/aromatic N) is 1. The van der Waals surface area contributed by atoms with Crippen LogP contribution in [0.25, 0.3) is 0 Å². The normalized spacial score (nSPS) is 21.4. The first-order valence-electron chi connectivity index (χ1n) is 8.71. The standard InChI is InChI=1S/C19H30N2O2/c1-15-8-10-17(11-9-15)20-19(22)14-21(3)12-13-23-18-7-5-4-6-16(18)2/h8-11,16,18H,4-7,12-14H2,1-3H3,(H,20,22). The fraction of sp³-hybridized carbons (Fsp3) is 0.632. The van der Waals surface area contributed by atoms with Crippen LogP contribution in [0.4, 0.5) is 5.69 Å². The molecule has 1 aromatic carbocycles. The SMILES string of the molecule is Cc1ccc(NC(=O)CN(C)CCOC2CCCCC2C)cc1. The summed E-state index contributed by atoms with van der Waals surface area (Å²) in [5, 5.41) is 2.93. The quantitative estimate of drug-likeness (QED) is 0.837. The van der Waals surface area contributed by atoms with Gasteiger partial charge in [0.25, 0.3) is 0 Å². The zero-order valence-electron chi connectivity index (χ0n) is 14.7. The van der Waals surface area contributed by atoms with Gasteiger partial charge >= 0.3 is 0 Å². The maximum atomic E-state index is 12.0. The highest BCUT2D eigenvalue weighted by Gasteiger charge is 2.21. The lowest BCUT2D eigenvalue weighted by molar-refractivity contribution is -0.117. The first kappa shape index (κ1) is 18.0. The molecule has 1 amide bonds. The van der Waals surface area contributed by atoms with E-state index in [4.69, 9.17) is 4.74 Å². The second kappa shape index (κ2) is 9.04.